The Balaban J connectivity index is 3.81. The largest absolute Gasteiger partial charge is 0.358 e. The fourth-order valence-electron chi connectivity index (χ4n) is 0.679. The van der Waals surface area contributed by atoms with Gasteiger partial charge in [0.25, 0.3) is 0 Å². The molecule has 0 aromatic rings. The molecule has 0 saturated carbocycles. The van der Waals surface area contributed by atoms with Crippen LogP contribution in [0.2, 0.25) is 0 Å². The molecule has 3 nitrogen and oxygen atoms in total. The zero-order chi connectivity index (χ0) is 8.15. The van der Waals surface area contributed by atoms with Gasteiger partial charge in [-0.05, 0) is 5.92 Å². The zero-order valence-electron chi connectivity index (χ0n) is 6.85. The van der Waals surface area contributed by atoms with Gasteiger partial charge < -0.3 is 11.1 Å². The van der Waals surface area contributed by atoms with Gasteiger partial charge >= 0.3 is 0 Å². The summed E-state index contributed by atoms with van der Waals surface area (Å²) in [6.07, 6.45) is 0.939. The SMILES string of the molecule is CC[C@@H](C)[C@H](N)C(=O)NC. The molecule has 0 rings (SSSR count). The minimum atomic E-state index is -0.352. The lowest BCUT2D eigenvalue weighted by atomic mass is 10.00. The Labute approximate surface area is 62.0 Å². The van der Waals surface area contributed by atoms with Gasteiger partial charge in [-0.3, -0.25) is 4.79 Å². The molecule has 0 fully saturated rings. The van der Waals surface area contributed by atoms with Crippen molar-refractivity contribution in [3.05, 3.63) is 0 Å². The second-order valence-electron chi connectivity index (χ2n) is 2.53. The molecule has 0 radical (unpaired) electrons. The van der Waals surface area contributed by atoms with E-state index >= 15 is 0 Å². The van der Waals surface area contributed by atoms with Crippen LogP contribution in [0.25, 0.3) is 0 Å². The summed E-state index contributed by atoms with van der Waals surface area (Å²) in [5.41, 5.74) is 5.57. The second-order valence-corrected chi connectivity index (χ2v) is 2.53. The van der Waals surface area contributed by atoms with E-state index in [9.17, 15) is 4.79 Å². The fourth-order valence-corrected chi connectivity index (χ4v) is 0.679. The number of hydrogen-bond acceptors (Lipinski definition) is 2. The molecule has 0 saturated heterocycles. The standard InChI is InChI=1S/C7H16N2O/c1-4-5(2)6(8)7(10)9-3/h5-6H,4,8H2,1-3H3,(H,9,10)/t5-,6+/m1/s1. The summed E-state index contributed by atoms with van der Waals surface area (Å²) in [5, 5.41) is 2.52. The molecular weight excluding hydrogens is 128 g/mol. The van der Waals surface area contributed by atoms with E-state index in [1.165, 1.54) is 0 Å². The second kappa shape index (κ2) is 4.28. The average molecular weight is 144 g/mol. The predicted octanol–water partition coefficient (Wildman–Crippen LogP) is 0.106. The van der Waals surface area contributed by atoms with Gasteiger partial charge in [0.1, 0.15) is 0 Å². The Bertz CT molecular complexity index is 114. The summed E-state index contributed by atoms with van der Waals surface area (Å²) in [5.74, 6) is 0.189. The first-order valence-corrected chi connectivity index (χ1v) is 3.60. The van der Waals surface area contributed by atoms with Gasteiger partial charge in [-0.15, -0.1) is 0 Å². The van der Waals surface area contributed by atoms with Crippen LogP contribution in [0.4, 0.5) is 0 Å². The van der Waals surface area contributed by atoms with Gasteiger partial charge in [-0.2, -0.15) is 0 Å². The van der Waals surface area contributed by atoms with Crippen molar-refractivity contribution >= 4 is 5.91 Å². The van der Waals surface area contributed by atoms with E-state index in [1.807, 2.05) is 13.8 Å². The van der Waals surface area contributed by atoms with Crippen molar-refractivity contribution in [1.82, 2.24) is 5.32 Å². The number of amides is 1. The molecule has 0 aromatic carbocycles. The molecule has 60 valence electrons. The summed E-state index contributed by atoms with van der Waals surface area (Å²) in [7, 11) is 1.60. The van der Waals surface area contributed by atoms with Gasteiger partial charge in [-0.1, -0.05) is 20.3 Å². The summed E-state index contributed by atoms with van der Waals surface area (Å²) >= 11 is 0. The molecule has 3 N–H and O–H groups in total. The third-order valence-electron chi connectivity index (χ3n) is 1.81. The number of nitrogens with two attached hydrogens (primary N) is 1. The van der Waals surface area contributed by atoms with E-state index in [4.69, 9.17) is 5.73 Å². The Hall–Kier alpha value is -0.570. The van der Waals surface area contributed by atoms with Crippen LogP contribution in [0.15, 0.2) is 0 Å². The smallest absolute Gasteiger partial charge is 0.236 e. The zero-order valence-corrected chi connectivity index (χ0v) is 6.85. The molecule has 10 heavy (non-hydrogen) atoms. The van der Waals surface area contributed by atoms with Crippen molar-refractivity contribution in [2.24, 2.45) is 11.7 Å². The number of rotatable bonds is 3. The average Bonchev–Trinajstić information content (AvgIpc) is 2.00. The molecule has 0 bridgehead atoms. The third kappa shape index (κ3) is 2.35. The maximum Gasteiger partial charge on any atom is 0.236 e. The molecule has 0 aliphatic rings. The number of hydrogen-bond donors (Lipinski definition) is 2. The van der Waals surface area contributed by atoms with Crippen LogP contribution in [0.1, 0.15) is 20.3 Å². The third-order valence-corrected chi connectivity index (χ3v) is 1.81. The van der Waals surface area contributed by atoms with Crippen LogP contribution in [0.3, 0.4) is 0 Å². The van der Waals surface area contributed by atoms with Gasteiger partial charge in [0, 0.05) is 7.05 Å². The summed E-state index contributed by atoms with van der Waals surface area (Å²) in [6, 6.07) is -0.352. The summed E-state index contributed by atoms with van der Waals surface area (Å²) in [6.45, 7) is 3.99. The Morgan fingerprint density at radius 3 is 2.50 bits per heavy atom. The highest BCUT2D eigenvalue weighted by Gasteiger charge is 2.17. The molecule has 2 atom stereocenters. The van der Waals surface area contributed by atoms with Crippen LogP contribution in [-0.2, 0) is 4.79 Å². The molecule has 1 amide bonds. The molecule has 3 heteroatoms. The Morgan fingerprint density at radius 1 is 1.70 bits per heavy atom. The topological polar surface area (TPSA) is 55.1 Å². The first kappa shape index (κ1) is 9.43. The maximum absolute atomic E-state index is 10.9. The van der Waals surface area contributed by atoms with Crippen LogP contribution in [-0.4, -0.2) is 19.0 Å². The van der Waals surface area contributed by atoms with Crippen molar-refractivity contribution < 1.29 is 4.79 Å². The van der Waals surface area contributed by atoms with E-state index in [2.05, 4.69) is 5.32 Å². The first-order chi connectivity index (χ1) is 4.63. The fraction of sp³-hybridized carbons (Fsp3) is 0.857. The minimum Gasteiger partial charge on any atom is -0.358 e. The van der Waals surface area contributed by atoms with Crippen molar-refractivity contribution in [2.45, 2.75) is 26.3 Å². The van der Waals surface area contributed by atoms with Crippen LogP contribution in [0, 0.1) is 5.92 Å². The Morgan fingerprint density at radius 2 is 2.20 bits per heavy atom. The van der Waals surface area contributed by atoms with Crippen LogP contribution < -0.4 is 11.1 Å². The maximum atomic E-state index is 10.9. The number of likely N-dealkylation sites (N-methyl/N-ethyl adjacent to an activating group) is 1. The van der Waals surface area contributed by atoms with Crippen molar-refractivity contribution in [3.8, 4) is 0 Å². The Kier molecular flexibility index (Phi) is 4.03. The van der Waals surface area contributed by atoms with E-state index in [-0.39, 0.29) is 17.9 Å². The van der Waals surface area contributed by atoms with Crippen molar-refractivity contribution in [1.29, 1.82) is 0 Å². The van der Waals surface area contributed by atoms with Gasteiger partial charge in [-0.25, -0.2) is 0 Å². The number of carbonyl (C=O) groups excluding carboxylic acids is 1. The number of nitrogens with one attached hydrogen (secondary N) is 1. The summed E-state index contributed by atoms with van der Waals surface area (Å²) in [4.78, 5) is 10.9. The first-order valence-electron chi connectivity index (χ1n) is 3.60. The van der Waals surface area contributed by atoms with Gasteiger partial charge in [0.2, 0.25) is 5.91 Å². The predicted molar refractivity (Wildman–Crippen MR) is 41.5 cm³/mol. The monoisotopic (exact) mass is 144 g/mol. The molecule has 0 aliphatic heterocycles. The molecule has 0 aliphatic carbocycles. The highest BCUT2D eigenvalue weighted by atomic mass is 16.2. The van der Waals surface area contributed by atoms with E-state index in [0.29, 0.717) is 0 Å². The van der Waals surface area contributed by atoms with Crippen LogP contribution in [0.5, 0.6) is 0 Å². The highest BCUT2D eigenvalue weighted by Crippen LogP contribution is 2.04. The number of carbonyl (C=O) groups is 1. The molecule has 0 unspecified atom stereocenters. The van der Waals surface area contributed by atoms with Crippen molar-refractivity contribution in [3.63, 3.8) is 0 Å². The van der Waals surface area contributed by atoms with Crippen LogP contribution >= 0.6 is 0 Å². The minimum absolute atomic E-state index is 0.0747. The molecular formula is C7H16N2O. The quantitative estimate of drug-likeness (QED) is 0.590. The van der Waals surface area contributed by atoms with E-state index < -0.39 is 0 Å². The lowest BCUT2D eigenvalue weighted by Gasteiger charge is -2.15. The van der Waals surface area contributed by atoms with E-state index in [1.54, 1.807) is 7.05 Å². The molecule has 0 heterocycles. The highest BCUT2D eigenvalue weighted by molar-refractivity contribution is 5.81. The molecule has 0 aromatic heterocycles. The van der Waals surface area contributed by atoms with Gasteiger partial charge in [0.15, 0.2) is 0 Å². The normalized spacial score (nSPS) is 16.0. The lowest BCUT2D eigenvalue weighted by molar-refractivity contribution is -0.122. The van der Waals surface area contributed by atoms with Crippen molar-refractivity contribution in [2.75, 3.05) is 7.05 Å². The molecule has 0 spiro atoms. The summed E-state index contributed by atoms with van der Waals surface area (Å²) < 4.78 is 0. The van der Waals surface area contributed by atoms with Gasteiger partial charge in [0.05, 0.1) is 6.04 Å². The van der Waals surface area contributed by atoms with E-state index in [0.717, 1.165) is 6.42 Å². The lowest BCUT2D eigenvalue weighted by Crippen LogP contribution is -2.43.